The van der Waals surface area contributed by atoms with Gasteiger partial charge < -0.3 is 16.2 Å². The number of carbonyl (C=O) groups excluding carboxylic acids is 1. The molecule has 4 N–H and O–H groups in total. The molecule has 0 aromatic heterocycles. The van der Waals surface area contributed by atoms with E-state index < -0.39 is 5.60 Å². The van der Waals surface area contributed by atoms with Crippen LogP contribution in [0.4, 0.5) is 0 Å². The summed E-state index contributed by atoms with van der Waals surface area (Å²) in [6.45, 7) is 6.68. The molecule has 1 fully saturated rings. The van der Waals surface area contributed by atoms with Gasteiger partial charge in [0.2, 0.25) is 5.91 Å². The van der Waals surface area contributed by atoms with E-state index in [1.165, 1.54) is 0 Å². The smallest absolute Gasteiger partial charge is 0.231 e. The van der Waals surface area contributed by atoms with Crippen molar-refractivity contribution < 1.29 is 9.90 Å². The van der Waals surface area contributed by atoms with E-state index >= 15 is 0 Å². The lowest BCUT2D eigenvalue weighted by Gasteiger charge is -2.39. The number of aliphatic hydroxyl groups is 1. The van der Waals surface area contributed by atoms with Crippen molar-refractivity contribution in [2.75, 3.05) is 26.2 Å². The van der Waals surface area contributed by atoms with Crippen LogP contribution in [0.15, 0.2) is 0 Å². The Morgan fingerprint density at radius 3 is 2.39 bits per heavy atom. The average molecular weight is 257 g/mol. The zero-order valence-electron chi connectivity index (χ0n) is 11.6. The molecule has 1 heterocycles. The molecule has 106 valence electrons. The first-order chi connectivity index (χ1) is 8.50. The zero-order chi connectivity index (χ0) is 13.6. The number of hydrogen-bond acceptors (Lipinski definition) is 4. The molecule has 0 aromatic carbocycles. The summed E-state index contributed by atoms with van der Waals surface area (Å²) >= 11 is 0. The SMILES string of the molecule is CCC(O)(CC)CN(CC(N)=O)C1CCNCC1. The Labute approximate surface area is 110 Å². The molecular formula is C13H27N3O2. The fraction of sp³-hybridized carbons (Fsp3) is 0.923. The van der Waals surface area contributed by atoms with Gasteiger partial charge in [-0.3, -0.25) is 9.69 Å². The highest BCUT2D eigenvalue weighted by atomic mass is 16.3. The standard InChI is InChI=1S/C13H27N3O2/c1-3-13(18,4-2)10-16(9-12(14)17)11-5-7-15-8-6-11/h11,15,18H,3-10H2,1-2H3,(H2,14,17). The van der Waals surface area contributed by atoms with Crippen molar-refractivity contribution >= 4 is 5.91 Å². The van der Waals surface area contributed by atoms with E-state index in [0.29, 0.717) is 25.4 Å². The summed E-state index contributed by atoms with van der Waals surface area (Å²) in [4.78, 5) is 13.3. The number of hydrogen-bond donors (Lipinski definition) is 3. The molecule has 1 rings (SSSR count). The Balaban J connectivity index is 2.67. The van der Waals surface area contributed by atoms with Gasteiger partial charge in [-0.15, -0.1) is 0 Å². The van der Waals surface area contributed by atoms with Crippen molar-refractivity contribution in [1.29, 1.82) is 0 Å². The highest BCUT2D eigenvalue weighted by Crippen LogP contribution is 2.20. The van der Waals surface area contributed by atoms with Crippen LogP contribution in [0.25, 0.3) is 0 Å². The monoisotopic (exact) mass is 257 g/mol. The Hall–Kier alpha value is -0.650. The lowest BCUT2D eigenvalue weighted by molar-refractivity contribution is -0.121. The van der Waals surface area contributed by atoms with Gasteiger partial charge in [0, 0.05) is 12.6 Å². The van der Waals surface area contributed by atoms with Gasteiger partial charge in [-0.05, 0) is 38.8 Å². The van der Waals surface area contributed by atoms with Crippen LogP contribution in [0.2, 0.25) is 0 Å². The molecule has 18 heavy (non-hydrogen) atoms. The minimum absolute atomic E-state index is 0.243. The van der Waals surface area contributed by atoms with Crippen molar-refractivity contribution in [1.82, 2.24) is 10.2 Å². The topological polar surface area (TPSA) is 78.6 Å². The molecular weight excluding hydrogens is 230 g/mol. The summed E-state index contributed by atoms with van der Waals surface area (Å²) in [7, 11) is 0. The molecule has 0 saturated carbocycles. The number of amides is 1. The van der Waals surface area contributed by atoms with Gasteiger partial charge in [0.15, 0.2) is 0 Å². The van der Waals surface area contributed by atoms with Crippen LogP contribution in [-0.4, -0.2) is 53.7 Å². The highest BCUT2D eigenvalue weighted by Gasteiger charge is 2.30. The Morgan fingerprint density at radius 1 is 1.39 bits per heavy atom. The summed E-state index contributed by atoms with van der Waals surface area (Å²) in [5.41, 5.74) is 4.62. The maximum absolute atomic E-state index is 11.2. The van der Waals surface area contributed by atoms with Crippen LogP contribution in [0.1, 0.15) is 39.5 Å². The molecule has 0 radical (unpaired) electrons. The van der Waals surface area contributed by atoms with Gasteiger partial charge in [0.25, 0.3) is 0 Å². The van der Waals surface area contributed by atoms with E-state index in [1.807, 2.05) is 13.8 Å². The molecule has 0 aliphatic carbocycles. The van der Waals surface area contributed by atoms with Gasteiger partial charge in [-0.2, -0.15) is 0 Å². The molecule has 1 aliphatic heterocycles. The van der Waals surface area contributed by atoms with Gasteiger partial charge in [-0.25, -0.2) is 0 Å². The van der Waals surface area contributed by atoms with Crippen LogP contribution in [0.5, 0.6) is 0 Å². The Bertz CT molecular complexity index is 261. The molecule has 0 unspecified atom stereocenters. The van der Waals surface area contributed by atoms with E-state index in [1.54, 1.807) is 0 Å². The minimum Gasteiger partial charge on any atom is -0.389 e. The van der Waals surface area contributed by atoms with Crippen LogP contribution >= 0.6 is 0 Å². The molecule has 0 aromatic rings. The van der Waals surface area contributed by atoms with E-state index in [4.69, 9.17) is 5.73 Å². The fourth-order valence-corrected chi connectivity index (χ4v) is 2.54. The number of rotatable bonds is 7. The van der Waals surface area contributed by atoms with Crippen LogP contribution in [-0.2, 0) is 4.79 Å². The summed E-state index contributed by atoms with van der Waals surface area (Å²) in [5, 5.41) is 13.7. The van der Waals surface area contributed by atoms with E-state index in [9.17, 15) is 9.90 Å². The molecule has 0 spiro atoms. The van der Waals surface area contributed by atoms with Gasteiger partial charge in [-0.1, -0.05) is 13.8 Å². The number of piperidine rings is 1. The number of nitrogens with two attached hydrogens (primary N) is 1. The zero-order valence-corrected chi connectivity index (χ0v) is 11.6. The first-order valence-corrected chi connectivity index (χ1v) is 6.96. The second-order valence-corrected chi connectivity index (χ2v) is 5.28. The quantitative estimate of drug-likeness (QED) is 0.603. The Morgan fingerprint density at radius 2 is 1.94 bits per heavy atom. The first kappa shape index (κ1) is 15.4. The van der Waals surface area contributed by atoms with E-state index in [-0.39, 0.29) is 12.5 Å². The highest BCUT2D eigenvalue weighted by molar-refractivity contribution is 5.76. The van der Waals surface area contributed by atoms with Crippen molar-refractivity contribution in [2.45, 2.75) is 51.2 Å². The maximum Gasteiger partial charge on any atom is 0.231 e. The van der Waals surface area contributed by atoms with Crippen molar-refractivity contribution in [3.05, 3.63) is 0 Å². The van der Waals surface area contributed by atoms with Crippen molar-refractivity contribution in [2.24, 2.45) is 5.73 Å². The van der Waals surface area contributed by atoms with Gasteiger partial charge >= 0.3 is 0 Å². The third-order valence-corrected chi connectivity index (χ3v) is 4.00. The third-order valence-electron chi connectivity index (χ3n) is 4.00. The number of primary amides is 1. The predicted molar refractivity (Wildman–Crippen MR) is 72.2 cm³/mol. The number of nitrogens with zero attached hydrogens (tertiary/aromatic N) is 1. The van der Waals surface area contributed by atoms with Gasteiger partial charge in [0.1, 0.15) is 0 Å². The van der Waals surface area contributed by atoms with Crippen molar-refractivity contribution in [3.63, 3.8) is 0 Å². The largest absolute Gasteiger partial charge is 0.389 e. The molecule has 1 aliphatic rings. The fourth-order valence-electron chi connectivity index (χ4n) is 2.54. The molecule has 1 amide bonds. The molecule has 0 bridgehead atoms. The molecule has 0 atom stereocenters. The van der Waals surface area contributed by atoms with E-state index in [0.717, 1.165) is 25.9 Å². The average Bonchev–Trinajstić information content (AvgIpc) is 2.38. The number of carbonyl (C=O) groups is 1. The molecule has 1 saturated heterocycles. The lowest BCUT2D eigenvalue weighted by Crippen LogP contribution is -2.52. The second kappa shape index (κ2) is 7.07. The Kier molecular flexibility index (Phi) is 6.05. The normalized spacial score (nSPS) is 18.2. The number of nitrogens with one attached hydrogen (secondary N) is 1. The van der Waals surface area contributed by atoms with E-state index in [2.05, 4.69) is 10.2 Å². The maximum atomic E-state index is 11.2. The first-order valence-electron chi connectivity index (χ1n) is 6.96. The summed E-state index contributed by atoms with van der Waals surface area (Å²) < 4.78 is 0. The lowest BCUT2D eigenvalue weighted by atomic mass is 9.94. The molecule has 5 heteroatoms. The predicted octanol–water partition coefficient (Wildman–Crippen LogP) is 0.0768. The minimum atomic E-state index is -0.708. The van der Waals surface area contributed by atoms with Crippen molar-refractivity contribution in [3.8, 4) is 0 Å². The second-order valence-electron chi connectivity index (χ2n) is 5.28. The van der Waals surface area contributed by atoms with Crippen LogP contribution in [0.3, 0.4) is 0 Å². The third kappa shape index (κ3) is 4.55. The summed E-state index contributed by atoms with van der Waals surface area (Å²) in [6.07, 6.45) is 3.42. The van der Waals surface area contributed by atoms with Crippen LogP contribution in [0, 0.1) is 0 Å². The summed E-state index contributed by atoms with van der Waals surface area (Å²) in [6, 6.07) is 0.350. The summed E-state index contributed by atoms with van der Waals surface area (Å²) in [5.74, 6) is -0.317. The van der Waals surface area contributed by atoms with Crippen LogP contribution < -0.4 is 11.1 Å². The van der Waals surface area contributed by atoms with Gasteiger partial charge in [0.05, 0.1) is 12.1 Å². The molecule has 5 nitrogen and oxygen atoms in total.